The number of pyridine rings is 1. The molecule has 1 saturated heterocycles. The Labute approximate surface area is 123 Å². The molecule has 1 aliphatic heterocycles. The first-order valence-electron chi connectivity index (χ1n) is 7.15. The number of aliphatic hydroxyl groups is 1. The van der Waals surface area contributed by atoms with Crippen molar-refractivity contribution in [2.75, 3.05) is 19.6 Å². The van der Waals surface area contributed by atoms with Gasteiger partial charge in [-0.05, 0) is 42.8 Å². The standard InChI is InChI=1S/C16H20N2OS/c19-16(15-5-1-2-9-17-15)7-11-18(12-8-16)10-6-14-4-3-13-20-14/h1-5,9,13,19H,6-8,10-12H2. The van der Waals surface area contributed by atoms with E-state index in [2.05, 4.69) is 27.4 Å². The molecule has 0 spiro atoms. The fourth-order valence-corrected chi connectivity index (χ4v) is 3.46. The molecule has 0 aromatic carbocycles. The van der Waals surface area contributed by atoms with Crippen molar-refractivity contribution in [3.8, 4) is 0 Å². The van der Waals surface area contributed by atoms with Gasteiger partial charge < -0.3 is 10.0 Å². The molecule has 3 rings (SSSR count). The third-order valence-corrected chi connectivity index (χ3v) is 5.02. The molecule has 3 heterocycles. The van der Waals surface area contributed by atoms with Crippen LogP contribution in [0.2, 0.25) is 0 Å². The van der Waals surface area contributed by atoms with Gasteiger partial charge in [-0.15, -0.1) is 11.3 Å². The number of rotatable bonds is 4. The molecular formula is C16H20N2OS. The Morgan fingerprint density at radius 3 is 2.70 bits per heavy atom. The first-order chi connectivity index (χ1) is 9.76. The summed E-state index contributed by atoms with van der Waals surface area (Å²) in [5.74, 6) is 0. The molecule has 0 aliphatic carbocycles. The fourth-order valence-electron chi connectivity index (χ4n) is 2.76. The highest BCUT2D eigenvalue weighted by Gasteiger charge is 2.34. The van der Waals surface area contributed by atoms with Crippen LogP contribution in [0.4, 0.5) is 0 Å². The SMILES string of the molecule is OC1(c2ccccn2)CCN(CCc2cccs2)CC1. The van der Waals surface area contributed by atoms with Crippen molar-refractivity contribution < 1.29 is 5.11 Å². The third kappa shape index (κ3) is 3.08. The summed E-state index contributed by atoms with van der Waals surface area (Å²) in [6.45, 7) is 2.97. The van der Waals surface area contributed by atoms with E-state index < -0.39 is 5.60 Å². The van der Waals surface area contributed by atoms with Crippen molar-refractivity contribution in [2.45, 2.75) is 24.9 Å². The van der Waals surface area contributed by atoms with E-state index in [4.69, 9.17) is 0 Å². The molecule has 20 heavy (non-hydrogen) atoms. The van der Waals surface area contributed by atoms with E-state index >= 15 is 0 Å². The van der Waals surface area contributed by atoms with E-state index in [0.29, 0.717) is 0 Å². The highest BCUT2D eigenvalue weighted by molar-refractivity contribution is 7.09. The van der Waals surface area contributed by atoms with Gasteiger partial charge in [-0.1, -0.05) is 12.1 Å². The van der Waals surface area contributed by atoms with Crippen LogP contribution in [-0.2, 0) is 12.0 Å². The maximum absolute atomic E-state index is 10.7. The quantitative estimate of drug-likeness (QED) is 0.939. The molecule has 1 N–H and O–H groups in total. The Morgan fingerprint density at radius 2 is 2.05 bits per heavy atom. The maximum atomic E-state index is 10.7. The molecule has 0 atom stereocenters. The lowest BCUT2D eigenvalue weighted by atomic mass is 9.87. The van der Waals surface area contributed by atoms with Gasteiger partial charge in [-0.3, -0.25) is 4.98 Å². The van der Waals surface area contributed by atoms with Gasteiger partial charge in [0, 0.05) is 30.7 Å². The van der Waals surface area contributed by atoms with Crippen LogP contribution >= 0.6 is 11.3 Å². The number of piperidine rings is 1. The van der Waals surface area contributed by atoms with Crippen LogP contribution in [0, 0.1) is 0 Å². The van der Waals surface area contributed by atoms with Crippen LogP contribution in [-0.4, -0.2) is 34.6 Å². The second-order valence-electron chi connectivity index (χ2n) is 5.42. The number of aromatic nitrogens is 1. The Balaban J connectivity index is 1.54. The first-order valence-corrected chi connectivity index (χ1v) is 8.03. The van der Waals surface area contributed by atoms with Gasteiger partial charge in [0.15, 0.2) is 0 Å². The molecule has 0 saturated carbocycles. The average molecular weight is 288 g/mol. The number of nitrogens with zero attached hydrogens (tertiary/aromatic N) is 2. The lowest BCUT2D eigenvalue weighted by Gasteiger charge is -2.37. The summed E-state index contributed by atoms with van der Waals surface area (Å²) >= 11 is 1.82. The van der Waals surface area contributed by atoms with Crippen molar-refractivity contribution in [3.05, 3.63) is 52.5 Å². The van der Waals surface area contributed by atoms with E-state index in [0.717, 1.165) is 44.6 Å². The van der Waals surface area contributed by atoms with Crippen molar-refractivity contribution >= 4 is 11.3 Å². The Kier molecular flexibility index (Phi) is 4.15. The molecule has 0 radical (unpaired) electrons. The van der Waals surface area contributed by atoms with E-state index in [9.17, 15) is 5.11 Å². The second-order valence-corrected chi connectivity index (χ2v) is 6.45. The summed E-state index contributed by atoms with van der Waals surface area (Å²) in [6.07, 6.45) is 4.42. The summed E-state index contributed by atoms with van der Waals surface area (Å²) in [4.78, 5) is 8.20. The van der Waals surface area contributed by atoms with Gasteiger partial charge in [0.1, 0.15) is 5.60 Å². The predicted molar refractivity (Wildman–Crippen MR) is 81.8 cm³/mol. The molecule has 1 fully saturated rings. The molecule has 4 heteroatoms. The third-order valence-electron chi connectivity index (χ3n) is 4.08. The van der Waals surface area contributed by atoms with Gasteiger partial charge >= 0.3 is 0 Å². The van der Waals surface area contributed by atoms with Crippen LogP contribution in [0.15, 0.2) is 41.9 Å². The number of hydrogen-bond acceptors (Lipinski definition) is 4. The van der Waals surface area contributed by atoms with Gasteiger partial charge in [-0.2, -0.15) is 0 Å². The van der Waals surface area contributed by atoms with Crippen molar-refractivity contribution in [2.24, 2.45) is 0 Å². The highest BCUT2D eigenvalue weighted by Crippen LogP contribution is 2.31. The molecule has 2 aromatic heterocycles. The largest absolute Gasteiger partial charge is 0.383 e. The molecule has 0 amide bonds. The molecule has 2 aromatic rings. The van der Waals surface area contributed by atoms with E-state index in [-0.39, 0.29) is 0 Å². The molecule has 0 bridgehead atoms. The summed E-state index contributed by atoms with van der Waals surface area (Å²) in [5.41, 5.74) is 0.0821. The normalized spacial score (nSPS) is 19.1. The minimum atomic E-state index is -0.735. The predicted octanol–water partition coefficient (Wildman–Crippen LogP) is 2.67. The number of hydrogen-bond donors (Lipinski definition) is 1. The minimum Gasteiger partial charge on any atom is -0.383 e. The Bertz CT molecular complexity index is 519. The zero-order valence-corrected chi connectivity index (χ0v) is 12.4. The maximum Gasteiger partial charge on any atom is 0.109 e. The van der Waals surface area contributed by atoms with Gasteiger partial charge in [0.05, 0.1) is 5.69 Å². The summed E-state index contributed by atoms with van der Waals surface area (Å²) in [6, 6.07) is 10.1. The van der Waals surface area contributed by atoms with Crippen LogP contribution in [0.3, 0.4) is 0 Å². The minimum absolute atomic E-state index is 0.735. The van der Waals surface area contributed by atoms with E-state index in [1.807, 2.05) is 29.5 Å². The van der Waals surface area contributed by atoms with Crippen LogP contribution < -0.4 is 0 Å². The lowest BCUT2D eigenvalue weighted by Crippen LogP contribution is -2.43. The average Bonchev–Trinajstić information content (AvgIpc) is 3.01. The van der Waals surface area contributed by atoms with E-state index in [1.54, 1.807) is 6.20 Å². The monoisotopic (exact) mass is 288 g/mol. The second kappa shape index (κ2) is 6.04. The topological polar surface area (TPSA) is 36.4 Å². The first kappa shape index (κ1) is 13.7. The zero-order valence-electron chi connectivity index (χ0n) is 11.5. The van der Waals surface area contributed by atoms with Crippen LogP contribution in [0.5, 0.6) is 0 Å². The van der Waals surface area contributed by atoms with Crippen molar-refractivity contribution in [1.82, 2.24) is 9.88 Å². The van der Waals surface area contributed by atoms with Gasteiger partial charge in [0.2, 0.25) is 0 Å². The molecule has 3 nitrogen and oxygen atoms in total. The smallest absolute Gasteiger partial charge is 0.109 e. The highest BCUT2D eigenvalue weighted by atomic mass is 32.1. The summed E-state index contributed by atoms with van der Waals surface area (Å²) < 4.78 is 0. The molecule has 0 unspecified atom stereocenters. The van der Waals surface area contributed by atoms with Crippen molar-refractivity contribution in [3.63, 3.8) is 0 Å². The van der Waals surface area contributed by atoms with Gasteiger partial charge in [0.25, 0.3) is 0 Å². The molecule has 1 aliphatic rings. The summed E-state index contributed by atoms with van der Waals surface area (Å²) in [5, 5.41) is 12.9. The number of thiophene rings is 1. The zero-order chi connectivity index (χ0) is 13.8. The fraction of sp³-hybridized carbons (Fsp3) is 0.438. The lowest BCUT2D eigenvalue weighted by molar-refractivity contribution is -0.0289. The van der Waals surface area contributed by atoms with Crippen molar-refractivity contribution in [1.29, 1.82) is 0 Å². The molecular weight excluding hydrogens is 268 g/mol. The van der Waals surface area contributed by atoms with Crippen LogP contribution in [0.25, 0.3) is 0 Å². The number of likely N-dealkylation sites (tertiary alicyclic amines) is 1. The Hall–Kier alpha value is -1.23. The summed E-state index contributed by atoms with van der Waals surface area (Å²) in [7, 11) is 0. The Morgan fingerprint density at radius 1 is 1.20 bits per heavy atom. The van der Waals surface area contributed by atoms with Crippen LogP contribution in [0.1, 0.15) is 23.4 Å². The van der Waals surface area contributed by atoms with Gasteiger partial charge in [-0.25, -0.2) is 0 Å². The van der Waals surface area contributed by atoms with E-state index in [1.165, 1.54) is 4.88 Å². The molecule has 106 valence electrons.